The zero-order chi connectivity index (χ0) is 16.4. The van der Waals surface area contributed by atoms with Crippen LogP contribution < -0.4 is 10.2 Å². The summed E-state index contributed by atoms with van der Waals surface area (Å²) in [4.78, 5) is 19.4. The van der Waals surface area contributed by atoms with E-state index >= 15 is 0 Å². The van der Waals surface area contributed by atoms with Crippen LogP contribution in [0.25, 0.3) is 10.9 Å². The first-order valence-corrected chi connectivity index (χ1v) is 8.32. The second-order valence-corrected chi connectivity index (χ2v) is 6.05. The molecular weight excluding hydrogens is 298 g/mol. The van der Waals surface area contributed by atoms with Gasteiger partial charge in [0, 0.05) is 18.5 Å². The quantitative estimate of drug-likeness (QED) is 0.791. The van der Waals surface area contributed by atoms with E-state index in [0.29, 0.717) is 5.69 Å². The Morgan fingerprint density at radius 1 is 0.917 bits per heavy atom. The summed E-state index contributed by atoms with van der Waals surface area (Å²) in [5.74, 6) is -0.174. The van der Waals surface area contributed by atoms with Crippen LogP contribution in [-0.4, -0.2) is 24.0 Å². The van der Waals surface area contributed by atoms with Gasteiger partial charge in [0.15, 0.2) is 0 Å². The number of amides is 1. The second-order valence-electron chi connectivity index (χ2n) is 6.05. The molecule has 1 saturated heterocycles. The lowest BCUT2D eigenvalue weighted by Crippen LogP contribution is -2.21. The maximum absolute atomic E-state index is 12.6. The molecule has 1 amide bonds. The van der Waals surface area contributed by atoms with Crippen LogP contribution in [0, 0.1) is 0 Å². The number of carbonyl (C=O) groups is 1. The van der Waals surface area contributed by atoms with Crippen LogP contribution in [0.3, 0.4) is 0 Å². The molecule has 0 radical (unpaired) electrons. The molecule has 2 heterocycles. The van der Waals surface area contributed by atoms with Crippen LogP contribution in [0.5, 0.6) is 0 Å². The molecule has 0 unspecified atom stereocenters. The van der Waals surface area contributed by atoms with Gasteiger partial charge < -0.3 is 10.2 Å². The third-order valence-electron chi connectivity index (χ3n) is 4.43. The Balaban J connectivity index is 1.61. The summed E-state index contributed by atoms with van der Waals surface area (Å²) < 4.78 is 0. The fraction of sp³-hybridized carbons (Fsp3) is 0.200. The first-order chi connectivity index (χ1) is 11.8. The van der Waals surface area contributed by atoms with Crippen LogP contribution in [0.15, 0.2) is 60.7 Å². The highest BCUT2D eigenvalue weighted by atomic mass is 16.1. The van der Waals surface area contributed by atoms with Crippen LogP contribution in [0.1, 0.15) is 23.3 Å². The highest BCUT2D eigenvalue weighted by Crippen LogP contribution is 2.29. The Labute approximate surface area is 141 Å². The maximum Gasteiger partial charge on any atom is 0.274 e. The molecule has 24 heavy (non-hydrogen) atoms. The van der Waals surface area contributed by atoms with Gasteiger partial charge in [-0.2, -0.15) is 0 Å². The van der Waals surface area contributed by atoms with E-state index in [1.165, 1.54) is 12.8 Å². The number of rotatable bonds is 3. The number of pyridine rings is 1. The number of fused-ring (bicyclic) bond motifs is 1. The Morgan fingerprint density at radius 2 is 1.67 bits per heavy atom. The number of nitrogens with one attached hydrogen (secondary N) is 1. The highest BCUT2D eigenvalue weighted by molar-refractivity contribution is 6.05. The van der Waals surface area contributed by atoms with Crippen molar-refractivity contribution in [2.75, 3.05) is 23.3 Å². The normalized spacial score (nSPS) is 14.1. The van der Waals surface area contributed by atoms with Crippen molar-refractivity contribution in [1.29, 1.82) is 0 Å². The van der Waals surface area contributed by atoms with Crippen LogP contribution in [-0.2, 0) is 0 Å². The number of carbonyl (C=O) groups excluding carboxylic acids is 1. The monoisotopic (exact) mass is 317 g/mol. The third-order valence-corrected chi connectivity index (χ3v) is 4.43. The second kappa shape index (κ2) is 6.32. The molecular formula is C20H19N3O. The number of hydrogen-bond donors (Lipinski definition) is 1. The van der Waals surface area contributed by atoms with E-state index in [-0.39, 0.29) is 5.91 Å². The Morgan fingerprint density at radius 3 is 2.54 bits per heavy atom. The summed E-state index contributed by atoms with van der Waals surface area (Å²) in [6, 6.07) is 19.5. The van der Waals surface area contributed by atoms with Crippen LogP contribution in [0.4, 0.5) is 11.4 Å². The van der Waals surface area contributed by atoms with Crippen molar-refractivity contribution in [3.8, 4) is 0 Å². The van der Waals surface area contributed by atoms with Gasteiger partial charge in [0.05, 0.1) is 16.9 Å². The van der Waals surface area contributed by atoms with E-state index in [4.69, 9.17) is 0 Å². The molecule has 120 valence electrons. The SMILES string of the molecule is O=C(Nc1ccccc1N1CCCC1)c1ccc2ccccc2n1. The van der Waals surface area contributed by atoms with Gasteiger partial charge in [-0.05, 0) is 37.1 Å². The van der Waals surface area contributed by atoms with Gasteiger partial charge in [0.25, 0.3) is 5.91 Å². The molecule has 1 aliphatic heterocycles. The zero-order valence-corrected chi connectivity index (χ0v) is 13.4. The molecule has 0 bridgehead atoms. The lowest BCUT2D eigenvalue weighted by atomic mass is 10.2. The van der Waals surface area contributed by atoms with Crippen molar-refractivity contribution in [2.45, 2.75) is 12.8 Å². The van der Waals surface area contributed by atoms with Gasteiger partial charge in [-0.25, -0.2) is 4.98 Å². The number of para-hydroxylation sites is 3. The summed E-state index contributed by atoms with van der Waals surface area (Å²) in [6.07, 6.45) is 2.41. The van der Waals surface area contributed by atoms with Gasteiger partial charge in [-0.15, -0.1) is 0 Å². The third kappa shape index (κ3) is 2.83. The van der Waals surface area contributed by atoms with Crippen molar-refractivity contribution in [3.63, 3.8) is 0 Å². The van der Waals surface area contributed by atoms with E-state index < -0.39 is 0 Å². The van der Waals surface area contributed by atoms with Crippen molar-refractivity contribution in [3.05, 3.63) is 66.4 Å². The minimum Gasteiger partial charge on any atom is -0.370 e. The van der Waals surface area contributed by atoms with Crippen LogP contribution >= 0.6 is 0 Å². The molecule has 0 spiro atoms. The summed E-state index contributed by atoms with van der Waals surface area (Å²) in [6.45, 7) is 2.09. The molecule has 4 heteroatoms. The Hall–Kier alpha value is -2.88. The van der Waals surface area contributed by atoms with E-state index in [1.807, 2.05) is 48.5 Å². The molecule has 0 saturated carbocycles. The fourth-order valence-electron chi connectivity index (χ4n) is 3.19. The van der Waals surface area contributed by atoms with Crippen LogP contribution in [0.2, 0.25) is 0 Å². The Bertz CT molecular complexity index is 885. The highest BCUT2D eigenvalue weighted by Gasteiger charge is 2.17. The van der Waals surface area contributed by atoms with Gasteiger partial charge in [-0.3, -0.25) is 4.79 Å². The molecule has 0 aliphatic carbocycles. The first-order valence-electron chi connectivity index (χ1n) is 8.32. The topological polar surface area (TPSA) is 45.2 Å². The standard InChI is InChI=1S/C20H19N3O/c24-20(18-12-11-15-7-1-2-8-16(15)21-18)22-17-9-3-4-10-19(17)23-13-5-6-14-23/h1-4,7-12H,5-6,13-14H2,(H,22,24). The summed E-state index contributed by atoms with van der Waals surface area (Å²) in [7, 11) is 0. The zero-order valence-electron chi connectivity index (χ0n) is 13.4. The summed E-state index contributed by atoms with van der Waals surface area (Å²) >= 11 is 0. The largest absolute Gasteiger partial charge is 0.370 e. The molecule has 1 N–H and O–H groups in total. The average Bonchev–Trinajstić information content (AvgIpc) is 3.16. The van der Waals surface area contributed by atoms with E-state index in [9.17, 15) is 4.79 Å². The number of nitrogens with zero attached hydrogens (tertiary/aromatic N) is 2. The van der Waals surface area contributed by atoms with E-state index in [0.717, 1.165) is 35.4 Å². The smallest absolute Gasteiger partial charge is 0.274 e. The lowest BCUT2D eigenvalue weighted by Gasteiger charge is -2.21. The molecule has 0 atom stereocenters. The van der Waals surface area contributed by atoms with E-state index in [2.05, 4.69) is 21.3 Å². The fourth-order valence-corrected chi connectivity index (χ4v) is 3.19. The van der Waals surface area contributed by atoms with Gasteiger partial charge in [0.2, 0.25) is 0 Å². The van der Waals surface area contributed by atoms with Crippen molar-refractivity contribution in [1.82, 2.24) is 4.98 Å². The molecule has 1 aromatic heterocycles. The summed E-state index contributed by atoms with van der Waals surface area (Å²) in [5.41, 5.74) is 3.20. The number of anilines is 2. The van der Waals surface area contributed by atoms with E-state index in [1.54, 1.807) is 6.07 Å². The minimum atomic E-state index is -0.174. The first kappa shape index (κ1) is 14.7. The minimum absolute atomic E-state index is 0.174. The number of benzene rings is 2. The van der Waals surface area contributed by atoms with Crippen molar-refractivity contribution in [2.24, 2.45) is 0 Å². The summed E-state index contributed by atoms with van der Waals surface area (Å²) in [5, 5.41) is 4.06. The molecule has 4 rings (SSSR count). The van der Waals surface area contributed by atoms with Gasteiger partial charge in [0.1, 0.15) is 5.69 Å². The Kier molecular flexibility index (Phi) is 3.87. The lowest BCUT2D eigenvalue weighted by molar-refractivity contribution is 0.102. The predicted molar refractivity (Wildman–Crippen MR) is 97.6 cm³/mol. The predicted octanol–water partition coefficient (Wildman–Crippen LogP) is 4.09. The number of hydrogen-bond acceptors (Lipinski definition) is 3. The molecule has 4 nitrogen and oxygen atoms in total. The van der Waals surface area contributed by atoms with Crippen molar-refractivity contribution >= 4 is 28.2 Å². The average molecular weight is 317 g/mol. The maximum atomic E-state index is 12.6. The van der Waals surface area contributed by atoms with Gasteiger partial charge in [-0.1, -0.05) is 36.4 Å². The molecule has 1 fully saturated rings. The van der Waals surface area contributed by atoms with Gasteiger partial charge >= 0.3 is 0 Å². The molecule has 1 aliphatic rings. The molecule has 3 aromatic rings. The molecule has 2 aromatic carbocycles. The van der Waals surface area contributed by atoms with Crippen molar-refractivity contribution < 1.29 is 4.79 Å². The number of aromatic nitrogens is 1.